The van der Waals surface area contributed by atoms with Crippen molar-refractivity contribution in [2.45, 2.75) is 57.8 Å². The van der Waals surface area contributed by atoms with E-state index in [9.17, 15) is 18.0 Å². The lowest BCUT2D eigenvalue weighted by Gasteiger charge is -2.38. The molecule has 7 heteroatoms. The molecular formula is C17H23F3N2O2. The van der Waals surface area contributed by atoms with Gasteiger partial charge in [0, 0.05) is 12.0 Å². The largest absolute Gasteiger partial charge is 0.494 e. The Kier molecular flexibility index (Phi) is 5.42. The zero-order chi connectivity index (χ0) is 18.0. The summed E-state index contributed by atoms with van der Waals surface area (Å²) in [5.74, 6) is -0.0110. The normalized spacial score (nSPS) is 19.2. The first-order valence-electron chi connectivity index (χ1n) is 8.03. The van der Waals surface area contributed by atoms with E-state index in [4.69, 9.17) is 4.74 Å². The minimum absolute atomic E-state index is 0.0201. The molecule has 1 aromatic rings. The second-order valence-corrected chi connectivity index (χ2v) is 6.61. The van der Waals surface area contributed by atoms with Gasteiger partial charge in [-0.25, -0.2) is 0 Å². The van der Waals surface area contributed by atoms with Gasteiger partial charge in [-0.1, -0.05) is 25.5 Å². The summed E-state index contributed by atoms with van der Waals surface area (Å²) in [6.07, 6.45) is -2.73. The fraction of sp³-hybridized carbons (Fsp3) is 0.588. The number of benzene rings is 1. The number of carbonyl (C=O) groups is 1. The minimum atomic E-state index is -4.53. The summed E-state index contributed by atoms with van der Waals surface area (Å²) in [7, 11) is 0. The summed E-state index contributed by atoms with van der Waals surface area (Å²) in [5, 5.41) is 1.00. The van der Waals surface area contributed by atoms with E-state index in [1.54, 1.807) is 26.0 Å². The van der Waals surface area contributed by atoms with Crippen LogP contribution < -0.4 is 10.2 Å². The SMILES string of the molecule is CCCCOc1cccc([C@H](N2NC(=O)CC2(C)C)C(F)(F)F)c1. The molecule has 0 bridgehead atoms. The maximum atomic E-state index is 13.7. The van der Waals surface area contributed by atoms with Gasteiger partial charge in [-0.05, 0) is 38.0 Å². The number of nitrogens with one attached hydrogen (secondary N) is 1. The molecule has 0 radical (unpaired) electrons. The molecule has 1 heterocycles. The zero-order valence-corrected chi connectivity index (χ0v) is 14.1. The summed E-state index contributed by atoms with van der Waals surface area (Å²) in [5.41, 5.74) is 1.47. The maximum absolute atomic E-state index is 13.7. The maximum Gasteiger partial charge on any atom is 0.409 e. The molecule has 1 atom stereocenters. The number of rotatable bonds is 6. The number of hydrogen-bond donors (Lipinski definition) is 1. The summed E-state index contributed by atoms with van der Waals surface area (Å²) in [4.78, 5) is 11.6. The first-order chi connectivity index (χ1) is 11.1. The monoisotopic (exact) mass is 344 g/mol. The third-order valence-electron chi connectivity index (χ3n) is 4.00. The Hall–Kier alpha value is -1.76. The molecular weight excluding hydrogens is 321 g/mol. The van der Waals surface area contributed by atoms with Crippen molar-refractivity contribution in [1.82, 2.24) is 10.4 Å². The molecule has 2 rings (SSSR count). The van der Waals surface area contributed by atoms with E-state index in [0.717, 1.165) is 17.9 Å². The first-order valence-corrected chi connectivity index (χ1v) is 8.03. The van der Waals surface area contributed by atoms with E-state index >= 15 is 0 Å². The summed E-state index contributed by atoms with van der Waals surface area (Å²) >= 11 is 0. The molecule has 1 aliphatic heterocycles. The predicted octanol–water partition coefficient (Wildman–Crippen LogP) is 3.98. The van der Waals surface area contributed by atoms with Crippen molar-refractivity contribution >= 4 is 5.91 Å². The van der Waals surface area contributed by atoms with E-state index in [1.807, 2.05) is 6.92 Å². The second kappa shape index (κ2) is 7.01. The van der Waals surface area contributed by atoms with Crippen LogP contribution in [0.2, 0.25) is 0 Å². The zero-order valence-electron chi connectivity index (χ0n) is 14.1. The van der Waals surface area contributed by atoms with Crippen molar-refractivity contribution in [3.05, 3.63) is 29.8 Å². The molecule has 0 aliphatic carbocycles. The highest BCUT2D eigenvalue weighted by Crippen LogP contribution is 2.43. The molecule has 1 fully saturated rings. The van der Waals surface area contributed by atoms with Crippen molar-refractivity contribution in [2.24, 2.45) is 0 Å². The average molecular weight is 344 g/mol. The van der Waals surface area contributed by atoms with Crippen molar-refractivity contribution in [1.29, 1.82) is 0 Å². The van der Waals surface area contributed by atoms with Crippen LogP contribution in [-0.4, -0.2) is 29.2 Å². The molecule has 1 N–H and O–H groups in total. The van der Waals surface area contributed by atoms with Gasteiger partial charge < -0.3 is 4.74 Å². The molecule has 4 nitrogen and oxygen atoms in total. The summed E-state index contributed by atoms with van der Waals surface area (Å²) in [6.45, 7) is 5.71. The Balaban J connectivity index is 2.32. The third kappa shape index (κ3) is 4.20. The van der Waals surface area contributed by atoms with Gasteiger partial charge in [0.1, 0.15) is 5.75 Å². The minimum Gasteiger partial charge on any atom is -0.494 e. The lowest BCUT2D eigenvalue weighted by Crippen LogP contribution is -2.51. The molecule has 1 aromatic carbocycles. The van der Waals surface area contributed by atoms with Gasteiger partial charge in [-0.2, -0.15) is 18.2 Å². The highest BCUT2D eigenvalue weighted by molar-refractivity contribution is 5.79. The van der Waals surface area contributed by atoms with Crippen LogP contribution in [0, 0.1) is 0 Å². The number of alkyl halides is 3. The van der Waals surface area contributed by atoms with E-state index in [2.05, 4.69) is 5.43 Å². The van der Waals surface area contributed by atoms with Crippen LogP contribution in [0.15, 0.2) is 24.3 Å². The van der Waals surface area contributed by atoms with Gasteiger partial charge in [0.15, 0.2) is 6.04 Å². The van der Waals surface area contributed by atoms with Crippen LogP contribution in [0.1, 0.15) is 51.6 Å². The molecule has 1 saturated heterocycles. The van der Waals surface area contributed by atoms with Gasteiger partial charge >= 0.3 is 6.18 Å². The van der Waals surface area contributed by atoms with Crippen LogP contribution in [0.5, 0.6) is 5.75 Å². The number of hydrogen-bond acceptors (Lipinski definition) is 3. The Morgan fingerprint density at radius 2 is 2.08 bits per heavy atom. The second-order valence-electron chi connectivity index (χ2n) is 6.61. The average Bonchev–Trinajstić information content (AvgIpc) is 2.71. The molecule has 0 spiro atoms. The molecule has 1 amide bonds. The first kappa shape index (κ1) is 18.6. The van der Waals surface area contributed by atoms with Crippen LogP contribution in [-0.2, 0) is 4.79 Å². The van der Waals surface area contributed by atoms with E-state index in [0.29, 0.717) is 12.4 Å². The van der Waals surface area contributed by atoms with Crippen LogP contribution >= 0.6 is 0 Å². The van der Waals surface area contributed by atoms with E-state index in [1.165, 1.54) is 12.1 Å². The Morgan fingerprint density at radius 1 is 1.38 bits per heavy atom. The standard InChI is InChI=1S/C17H23F3N2O2/c1-4-5-9-24-13-8-6-7-12(10-13)15(17(18,19)20)22-16(2,3)11-14(23)21-22/h6-8,10,15H,4-5,9,11H2,1-3H3,(H,21,23)/t15-/m0/s1. The highest BCUT2D eigenvalue weighted by Gasteiger charge is 2.53. The number of halogens is 3. The molecule has 0 saturated carbocycles. The molecule has 1 aliphatic rings. The number of hydrazine groups is 1. The van der Waals surface area contributed by atoms with Crippen molar-refractivity contribution in [2.75, 3.05) is 6.61 Å². The molecule has 24 heavy (non-hydrogen) atoms. The van der Waals surface area contributed by atoms with Crippen molar-refractivity contribution in [3.8, 4) is 5.75 Å². The quantitative estimate of drug-likeness (QED) is 0.794. The lowest BCUT2D eigenvalue weighted by molar-refractivity contribution is -0.203. The Bertz CT molecular complexity index is 587. The van der Waals surface area contributed by atoms with Gasteiger partial charge in [0.05, 0.1) is 6.61 Å². The van der Waals surface area contributed by atoms with Crippen LogP contribution in [0.3, 0.4) is 0 Å². The van der Waals surface area contributed by atoms with Gasteiger partial charge in [-0.15, -0.1) is 0 Å². The number of amides is 1. The number of nitrogens with zero attached hydrogens (tertiary/aromatic N) is 1. The number of ether oxygens (including phenoxy) is 1. The van der Waals surface area contributed by atoms with Gasteiger partial charge in [0.2, 0.25) is 5.91 Å². The fourth-order valence-corrected chi connectivity index (χ4v) is 2.81. The fourth-order valence-electron chi connectivity index (χ4n) is 2.81. The molecule has 0 aromatic heterocycles. The number of unbranched alkanes of at least 4 members (excludes halogenated alkanes) is 1. The van der Waals surface area contributed by atoms with Gasteiger partial charge in [-0.3, -0.25) is 10.2 Å². The Morgan fingerprint density at radius 3 is 2.62 bits per heavy atom. The molecule has 0 unspecified atom stereocenters. The summed E-state index contributed by atoms with van der Waals surface area (Å²) in [6, 6.07) is 4.06. The lowest BCUT2D eigenvalue weighted by atomic mass is 9.97. The smallest absolute Gasteiger partial charge is 0.409 e. The van der Waals surface area contributed by atoms with E-state index < -0.39 is 23.7 Å². The summed E-state index contributed by atoms with van der Waals surface area (Å²) < 4.78 is 46.7. The van der Waals surface area contributed by atoms with E-state index in [-0.39, 0.29) is 12.0 Å². The topological polar surface area (TPSA) is 41.6 Å². The third-order valence-corrected chi connectivity index (χ3v) is 4.00. The van der Waals surface area contributed by atoms with Crippen molar-refractivity contribution < 1.29 is 22.7 Å². The van der Waals surface area contributed by atoms with Crippen LogP contribution in [0.25, 0.3) is 0 Å². The Labute approximate surface area is 139 Å². The predicted molar refractivity (Wildman–Crippen MR) is 84.3 cm³/mol. The van der Waals surface area contributed by atoms with Gasteiger partial charge in [0.25, 0.3) is 0 Å². The highest BCUT2D eigenvalue weighted by atomic mass is 19.4. The number of carbonyl (C=O) groups excluding carboxylic acids is 1. The molecule has 134 valence electrons. The van der Waals surface area contributed by atoms with Crippen molar-refractivity contribution in [3.63, 3.8) is 0 Å². The van der Waals surface area contributed by atoms with Crippen LogP contribution in [0.4, 0.5) is 13.2 Å².